The van der Waals surface area contributed by atoms with Crippen LogP contribution in [0.15, 0.2) is 127 Å². The second kappa shape index (κ2) is 9.47. The average molecular weight is 512 g/mol. The van der Waals surface area contributed by atoms with Crippen molar-refractivity contribution in [2.24, 2.45) is 0 Å². The van der Waals surface area contributed by atoms with E-state index in [1.54, 1.807) is 11.1 Å². The van der Waals surface area contributed by atoms with Gasteiger partial charge in [-0.05, 0) is 98.1 Å². The van der Waals surface area contributed by atoms with Crippen LogP contribution in [0.2, 0.25) is 0 Å². The van der Waals surface area contributed by atoms with E-state index < -0.39 is 0 Å². The van der Waals surface area contributed by atoms with Crippen LogP contribution >= 0.6 is 0 Å². The molecule has 0 saturated heterocycles. The Morgan fingerprint density at radius 2 is 0.950 bits per heavy atom. The van der Waals surface area contributed by atoms with Gasteiger partial charge in [0, 0.05) is 10.8 Å². The number of hydrogen-bond acceptors (Lipinski definition) is 1. The number of aryl methyl sites for hydroxylation is 2. The Labute approximate surface area is 233 Å². The monoisotopic (exact) mass is 511 g/mol. The van der Waals surface area contributed by atoms with Gasteiger partial charge in [-0.15, -0.1) is 0 Å². The average Bonchev–Trinajstić information content (AvgIpc) is 3.03. The first-order valence-corrected chi connectivity index (χ1v) is 14.4. The molecule has 0 amide bonds. The molecule has 1 aliphatic carbocycles. The summed E-state index contributed by atoms with van der Waals surface area (Å²) in [5.74, 6) is 0. The summed E-state index contributed by atoms with van der Waals surface area (Å²) in [7, 11) is 0. The van der Waals surface area contributed by atoms with E-state index in [4.69, 9.17) is 4.98 Å². The fourth-order valence-electron chi connectivity index (χ4n) is 6.69. The molecular weight excluding hydrogens is 482 g/mol. The maximum absolute atomic E-state index is 4.81. The molecule has 0 spiro atoms. The number of para-hydroxylation sites is 1. The molecule has 0 radical (unpaired) electrons. The van der Waals surface area contributed by atoms with Gasteiger partial charge in [-0.2, -0.15) is 0 Å². The van der Waals surface area contributed by atoms with Gasteiger partial charge < -0.3 is 0 Å². The summed E-state index contributed by atoms with van der Waals surface area (Å²) < 4.78 is 0. The van der Waals surface area contributed by atoms with E-state index in [1.807, 2.05) is 6.07 Å². The third-order valence-corrected chi connectivity index (χ3v) is 8.68. The zero-order valence-electron chi connectivity index (χ0n) is 22.4. The maximum Gasteiger partial charge on any atom is 0.0716 e. The standard InChI is InChI=1S/C21H13N.C18H16/c1-3-7-16-14(5-1)9-10-18-17(16)11-12-21-19(18)13-15-6-2-4-8-20(15)22-21;1-3-7-15-13(5-1)9-11-18-16-8-4-2-6-14(16)10-12-17(15)18/h1-13H;1,3,5,7,9-12H,2,4,6,8H2. The molecule has 1 aliphatic rings. The molecule has 0 fully saturated rings. The Morgan fingerprint density at radius 3 is 1.75 bits per heavy atom. The first-order chi connectivity index (χ1) is 19.8. The predicted octanol–water partition coefficient (Wildman–Crippen LogP) is 10.6. The Hall–Kier alpha value is -4.75. The van der Waals surface area contributed by atoms with Gasteiger partial charge in [0.1, 0.15) is 0 Å². The highest BCUT2D eigenvalue weighted by atomic mass is 14.7. The van der Waals surface area contributed by atoms with Crippen molar-refractivity contribution in [3.63, 3.8) is 0 Å². The van der Waals surface area contributed by atoms with Crippen LogP contribution in [-0.4, -0.2) is 4.98 Å². The molecular formula is C39H29N. The van der Waals surface area contributed by atoms with Gasteiger partial charge >= 0.3 is 0 Å². The summed E-state index contributed by atoms with van der Waals surface area (Å²) >= 11 is 0. The smallest absolute Gasteiger partial charge is 0.0716 e. The van der Waals surface area contributed by atoms with Crippen LogP contribution in [0.4, 0.5) is 0 Å². The lowest BCUT2D eigenvalue weighted by Crippen LogP contribution is -2.02. The molecule has 7 aromatic carbocycles. The second-order valence-corrected chi connectivity index (χ2v) is 11.0. The Balaban J connectivity index is 0.000000125. The summed E-state index contributed by atoms with van der Waals surface area (Å²) in [5.41, 5.74) is 5.28. The van der Waals surface area contributed by atoms with E-state index in [0.29, 0.717) is 0 Å². The molecule has 190 valence electrons. The fraction of sp³-hybridized carbons (Fsp3) is 0.103. The van der Waals surface area contributed by atoms with Gasteiger partial charge in [0.05, 0.1) is 11.0 Å². The number of pyridine rings is 1. The van der Waals surface area contributed by atoms with Crippen molar-refractivity contribution < 1.29 is 0 Å². The summed E-state index contributed by atoms with van der Waals surface area (Å²) in [6, 6.07) is 45.8. The van der Waals surface area contributed by atoms with Crippen molar-refractivity contribution >= 4 is 64.9 Å². The summed E-state index contributed by atoms with van der Waals surface area (Å²) in [5, 5.41) is 13.2. The lowest BCUT2D eigenvalue weighted by molar-refractivity contribution is 0.690. The van der Waals surface area contributed by atoms with E-state index >= 15 is 0 Å². The van der Waals surface area contributed by atoms with Crippen molar-refractivity contribution in [3.05, 3.63) is 139 Å². The van der Waals surface area contributed by atoms with Gasteiger partial charge in [-0.1, -0.05) is 109 Å². The van der Waals surface area contributed by atoms with Crippen molar-refractivity contribution in [1.82, 2.24) is 4.98 Å². The van der Waals surface area contributed by atoms with Crippen LogP contribution in [0.1, 0.15) is 24.0 Å². The zero-order chi connectivity index (χ0) is 26.5. The van der Waals surface area contributed by atoms with Gasteiger partial charge in [0.25, 0.3) is 0 Å². The minimum absolute atomic E-state index is 1.05. The number of hydrogen-bond donors (Lipinski definition) is 0. The van der Waals surface area contributed by atoms with E-state index in [1.165, 1.54) is 79.5 Å². The highest BCUT2D eigenvalue weighted by molar-refractivity contribution is 6.18. The van der Waals surface area contributed by atoms with Crippen LogP contribution < -0.4 is 0 Å². The fourth-order valence-corrected chi connectivity index (χ4v) is 6.69. The maximum atomic E-state index is 4.81. The van der Waals surface area contributed by atoms with Crippen LogP contribution in [0.25, 0.3) is 64.9 Å². The van der Waals surface area contributed by atoms with Gasteiger partial charge in [-0.3, -0.25) is 0 Å². The lowest BCUT2D eigenvalue weighted by atomic mass is 9.86. The van der Waals surface area contributed by atoms with Crippen LogP contribution in [0.5, 0.6) is 0 Å². The Bertz CT molecular complexity index is 2220. The number of fused-ring (bicyclic) bond motifs is 11. The third-order valence-electron chi connectivity index (χ3n) is 8.68. The Kier molecular flexibility index (Phi) is 5.48. The van der Waals surface area contributed by atoms with Gasteiger partial charge in [0.15, 0.2) is 0 Å². The minimum Gasteiger partial charge on any atom is -0.248 e. The van der Waals surface area contributed by atoms with Crippen LogP contribution in [0, 0.1) is 0 Å². The SMILES string of the molecule is c1ccc2c(c1)ccc1c3c(ccc12)CCCC3.c1ccc2nc3ccc4c5ccccc5ccc4c3cc2c1. The minimum atomic E-state index is 1.05. The molecule has 0 atom stereocenters. The highest BCUT2D eigenvalue weighted by Crippen LogP contribution is 2.34. The molecule has 1 nitrogen and oxygen atoms in total. The Morgan fingerprint density at radius 1 is 0.375 bits per heavy atom. The molecule has 0 bridgehead atoms. The number of benzene rings is 7. The van der Waals surface area contributed by atoms with Crippen molar-refractivity contribution in [2.75, 3.05) is 0 Å². The van der Waals surface area contributed by atoms with Crippen molar-refractivity contribution in [2.45, 2.75) is 25.7 Å². The predicted molar refractivity (Wildman–Crippen MR) is 172 cm³/mol. The first kappa shape index (κ1) is 23.2. The first-order valence-electron chi connectivity index (χ1n) is 14.4. The van der Waals surface area contributed by atoms with Crippen molar-refractivity contribution in [1.29, 1.82) is 0 Å². The molecule has 0 N–H and O–H groups in total. The van der Waals surface area contributed by atoms with E-state index in [0.717, 1.165) is 11.0 Å². The largest absolute Gasteiger partial charge is 0.248 e. The molecule has 8 aromatic rings. The second-order valence-electron chi connectivity index (χ2n) is 11.0. The molecule has 1 heterocycles. The quantitative estimate of drug-likeness (QED) is 0.146. The highest BCUT2D eigenvalue weighted by Gasteiger charge is 2.13. The molecule has 40 heavy (non-hydrogen) atoms. The number of rotatable bonds is 0. The molecule has 0 aliphatic heterocycles. The summed E-state index contributed by atoms with van der Waals surface area (Å²) in [6.45, 7) is 0. The molecule has 0 unspecified atom stereocenters. The zero-order valence-corrected chi connectivity index (χ0v) is 22.4. The van der Waals surface area contributed by atoms with Gasteiger partial charge in [0.2, 0.25) is 0 Å². The lowest BCUT2D eigenvalue weighted by Gasteiger charge is -2.18. The summed E-state index contributed by atoms with van der Waals surface area (Å²) in [6.07, 6.45) is 5.22. The van der Waals surface area contributed by atoms with Gasteiger partial charge in [-0.25, -0.2) is 4.98 Å². The normalized spacial score (nSPS) is 13.1. The van der Waals surface area contributed by atoms with Crippen LogP contribution in [0.3, 0.4) is 0 Å². The summed E-state index contributed by atoms with van der Waals surface area (Å²) in [4.78, 5) is 4.81. The van der Waals surface area contributed by atoms with Crippen LogP contribution in [-0.2, 0) is 12.8 Å². The van der Waals surface area contributed by atoms with E-state index in [9.17, 15) is 0 Å². The topological polar surface area (TPSA) is 12.9 Å². The molecule has 1 heteroatoms. The number of aromatic nitrogens is 1. The van der Waals surface area contributed by atoms with E-state index in [-0.39, 0.29) is 0 Å². The van der Waals surface area contributed by atoms with E-state index in [2.05, 4.69) is 121 Å². The van der Waals surface area contributed by atoms with Crippen molar-refractivity contribution in [3.8, 4) is 0 Å². The third kappa shape index (κ3) is 3.81. The number of nitrogens with zero attached hydrogens (tertiary/aromatic N) is 1. The molecule has 1 aromatic heterocycles. The molecule has 9 rings (SSSR count). The molecule has 0 saturated carbocycles.